The fraction of sp³-hybridized carbons (Fsp3) is 0.700. The van der Waals surface area contributed by atoms with Crippen molar-refractivity contribution >= 4 is 22.9 Å². The summed E-state index contributed by atoms with van der Waals surface area (Å²) in [5.41, 5.74) is 0.540. The maximum atomic E-state index is 5.80. The summed E-state index contributed by atoms with van der Waals surface area (Å²) in [6, 6.07) is 0.674. The van der Waals surface area contributed by atoms with Crippen LogP contribution in [-0.2, 0) is 6.54 Å². The molecule has 0 spiro atoms. The molecule has 0 amide bonds. The van der Waals surface area contributed by atoms with Crippen molar-refractivity contribution in [2.75, 3.05) is 0 Å². The molecule has 0 saturated heterocycles. The van der Waals surface area contributed by atoms with Gasteiger partial charge in [0, 0.05) is 12.6 Å². The van der Waals surface area contributed by atoms with E-state index in [9.17, 15) is 0 Å². The molecule has 0 aliphatic heterocycles. The molecule has 0 bridgehead atoms. The van der Waals surface area contributed by atoms with Gasteiger partial charge in [0.1, 0.15) is 9.34 Å². The Hall–Kier alpha value is -0.120. The second kappa shape index (κ2) is 3.80. The molecule has 1 aliphatic rings. The van der Waals surface area contributed by atoms with E-state index in [4.69, 9.17) is 11.6 Å². The first-order chi connectivity index (χ1) is 6.55. The summed E-state index contributed by atoms with van der Waals surface area (Å²) in [4.78, 5) is 4.21. The summed E-state index contributed by atoms with van der Waals surface area (Å²) in [5.74, 6) is 0. The summed E-state index contributed by atoms with van der Waals surface area (Å²) in [6.45, 7) is 5.48. The van der Waals surface area contributed by atoms with Crippen molar-refractivity contribution in [3.8, 4) is 0 Å². The minimum Gasteiger partial charge on any atom is -0.308 e. The Bertz CT molecular complexity index is 314. The highest BCUT2D eigenvalue weighted by Gasteiger charge is 2.35. The number of halogens is 1. The summed E-state index contributed by atoms with van der Waals surface area (Å²) in [6.07, 6.45) is 4.26. The van der Waals surface area contributed by atoms with Gasteiger partial charge in [0.2, 0.25) is 0 Å². The van der Waals surface area contributed by atoms with Crippen molar-refractivity contribution < 1.29 is 0 Å². The molecule has 1 N–H and O–H groups in total. The second-order valence-corrected chi connectivity index (χ2v) is 6.45. The lowest BCUT2D eigenvalue weighted by atomic mass is 9.68. The zero-order valence-corrected chi connectivity index (χ0v) is 10.1. The van der Waals surface area contributed by atoms with E-state index in [0.717, 1.165) is 15.9 Å². The third kappa shape index (κ3) is 2.47. The van der Waals surface area contributed by atoms with Crippen LogP contribution in [0.1, 0.15) is 31.7 Å². The van der Waals surface area contributed by atoms with Gasteiger partial charge in [-0.15, -0.1) is 11.3 Å². The Balaban J connectivity index is 1.74. The number of rotatable bonds is 3. The Morgan fingerprint density at radius 2 is 2.36 bits per heavy atom. The fourth-order valence-corrected chi connectivity index (χ4v) is 2.93. The van der Waals surface area contributed by atoms with Crippen molar-refractivity contribution in [3.05, 3.63) is 15.5 Å². The summed E-state index contributed by atoms with van der Waals surface area (Å²) >= 11 is 7.35. The van der Waals surface area contributed by atoms with Crippen LogP contribution in [0.15, 0.2) is 6.20 Å². The van der Waals surface area contributed by atoms with Gasteiger partial charge in [-0.1, -0.05) is 25.4 Å². The van der Waals surface area contributed by atoms with Gasteiger partial charge in [-0.2, -0.15) is 0 Å². The van der Waals surface area contributed by atoms with Crippen LogP contribution in [0.2, 0.25) is 4.34 Å². The van der Waals surface area contributed by atoms with Crippen LogP contribution in [-0.4, -0.2) is 11.0 Å². The molecule has 1 fully saturated rings. The van der Waals surface area contributed by atoms with Crippen LogP contribution >= 0.6 is 22.9 Å². The number of nitrogens with one attached hydrogen (secondary N) is 1. The third-order valence-electron chi connectivity index (χ3n) is 2.67. The minimum atomic E-state index is 0.540. The molecule has 1 aliphatic carbocycles. The van der Waals surface area contributed by atoms with Crippen LogP contribution in [0.3, 0.4) is 0 Å². The monoisotopic (exact) mass is 230 g/mol. The molecule has 0 radical (unpaired) electrons. The van der Waals surface area contributed by atoms with Crippen molar-refractivity contribution in [2.45, 2.75) is 39.3 Å². The maximum absolute atomic E-state index is 5.80. The maximum Gasteiger partial charge on any atom is 0.113 e. The van der Waals surface area contributed by atoms with E-state index in [0.29, 0.717) is 11.5 Å². The van der Waals surface area contributed by atoms with Crippen LogP contribution in [0.5, 0.6) is 0 Å². The summed E-state index contributed by atoms with van der Waals surface area (Å²) < 4.78 is 0.774. The van der Waals surface area contributed by atoms with Crippen molar-refractivity contribution in [1.29, 1.82) is 0 Å². The number of nitrogens with zero attached hydrogens (tertiary/aromatic N) is 1. The Labute approximate surface area is 93.7 Å². The van der Waals surface area contributed by atoms with Crippen molar-refractivity contribution in [2.24, 2.45) is 5.41 Å². The van der Waals surface area contributed by atoms with E-state index in [1.807, 2.05) is 0 Å². The number of hydrogen-bond acceptors (Lipinski definition) is 3. The lowest BCUT2D eigenvalue weighted by molar-refractivity contribution is 0.125. The standard InChI is InChI=1S/C10H15ClN2S/c1-10(2)3-7(4-10)12-6-9-13-5-8(11)14-9/h5,7,12H,3-4,6H2,1-2H3. The minimum absolute atomic E-state index is 0.540. The first kappa shape index (κ1) is 10.4. The largest absolute Gasteiger partial charge is 0.308 e. The average molecular weight is 231 g/mol. The number of hydrogen-bond donors (Lipinski definition) is 1. The van der Waals surface area contributed by atoms with E-state index in [1.54, 1.807) is 17.5 Å². The number of aromatic nitrogens is 1. The van der Waals surface area contributed by atoms with E-state index < -0.39 is 0 Å². The third-order valence-corrected chi connectivity index (χ3v) is 3.78. The molecule has 2 nitrogen and oxygen atoms in total. The van der Waals surface area contributed by atoms with Gasteiger partial charge < -0.3 is 5.32 Å². The van der Waals surface area contributed by atoms with Gasteiger partial charge in [-0.05, 0) is 18.3 Å². The predicted octanol–water partition coefficient (Wildman–Crippen LogP) is 3.07. The molecule has 78 valence electrons. The quantitative estimate of drug-likeness (QED) is 0.864. The van der Waals surface area contributed by atoms with E-state index in [2.05, 4.69) is 24.1 Å². The highest BCUT2D eigenvalue weighted by atomic mass is 35.5. The predicted molar refractivity (Wildman–Crippen MR) is 60.8 cm³/mol. The SMILES string of the molecule is CC1(C)CC(NCc2ncc(Cl)s2)C1. The molecule has 1 aromatic rings. The van der Waals surface area contributed by atoms with Crippen LogP contribution in [0, 0.1) is 5.41 Å². The second-order valence-electron chi connectivity index (χ2n) is 4.71. The van der Waals surface area contributed by atoms with Crippen LogP contribution in [0.25, 0.3) is 0 Å². The van der Waals surface area contributed by atoms with Gasteiger partial charge in [0.05, 0.1) is 6.20 Å². The number of thiazole rings is 1. The topological polar surface area (TPSA) is 24.9 Å². The van der Waals surface area contributed by atoms with Crippen LogP contribution < -0.4 is 5.32 Å². The first-order valence-electron chi connectivity index (χ1n) is 4.89. The van der Waals surface area contributed by atoms with Gasteiger partial charge in [0.15, 0.2) is 0 Å². The van der Waals surface area contributed by atoms with Crippen molar-refractivity contribution in [3.63, 3.8) is 0 Å². The molecule has 1 aromatic heterocycles. The molecule has 1 saturated carbocycles. The first-order valence-corrected chi connectivity index (χ1v) is 6.08. The van der Waals surface area contributed by atoms with Gasteiger partial charge >= 0.3 is 0 Å². The normalized spacial score (nSPS) is 20.8. The zero-order valence-electron chi connectivity index (χ0n) is 8.51. The lowest BCUT2D eigenvalue weighted by Crippen LogP contribution is -2.45. The van der Waals surface area contributed by atoms with Gasteiger partial charge in [0.25, 0.3) is 0 Å². The molecule has 4 heteroatoms. The zero-order chi connectivity index (χ0) is 10.2. The Morgan fingerprint density at radius 3 is 2.86 bits per heavy atom. The summed E-state index contributed by atoms with van der Waals surface area (Å²) in [7, 11) is 0. The molecule has 1 heterocycles. The molecule has 0 aromatic carbocycles. The smallest absolute Gasteiger partial charge is 0.113 e. The van der Waals surface area contributed by atoms with E-state index in [-0.39, 0.29) is 0 Å². The molecular weight excluding hydrogens is 216 g/mol. The van der Waals surface area contributed by atoms with Crippen molar-refractivity contribution in [1.82, 2.24) is 10.3 Å². The van der Waals surface area contributed by atoms with E-state index in [1.165, 1.54) is 12.8 Å². The average Bonchev–Trinajstić information content (AvgIpc) is 2.44. The summed E-state index contributed by atoms with van der Waals surface area (Å²) in [5, 5.41) is 4.58. The lowest BCUT2D eigenvalue weighted by Gasteiger charge is -2.43. The molecular formula is C10H15ClN2S. The van der Waals surface area contributed by atoms with Gasteiger partial charge in [-0.3, -0.25) is 0 Å². The molecule has 2 rings (SSSR count). The van der Waals surface area contributed by atoms with Gasteiger partial charge in [-0.25, -0.2) is 4.98 Å². The Kier molecular flexibility index (Phi) is 2.82. The fourth-order valence-electron chi connectivity index (χ4n) is 2.02. The highest BCUT2D eigenvalue weighted by Crippen LogP contribution is 2.39. The highest BCUT2D eigenvalue weighted by molar-refractivity contribution is 7.15. The molecule has 0 atom stereocenters. The Morgan fingerprint density at radius 1 is 1.64 bits per heavy atom. The molecule has 0 unspecified atom stereocenters. The molecule has 14 heavy (non-hydrogen) atoms. The van der Waals surface area contributed by atoms with E-state index >= 15 is 0 Å². The van der Waals surface area contributed by atoms with Crippen LogP contribution in [0.4, 0.5) is 0 Å².